The van der Waals surface area contributed by atoms with E-state index in [1.807, 2.05) is 4.90 Å². The van der Waals surface area contributed by atoms with Crippen LogP contribution in [0.1, 0.15) is 51.4 Å². The minimum absolute atomic E-state index is 0.0556. The molecule has 0 radical (unpaired) electrons. The maximum Gasteiger partial charge on any atom is 0.224 e. The molecule has 0 aromatic heterocycles. The number of amides is 2. The average Bonchev–Trinajstić information content (AvgIpc) is 2.84. The van der Waals surface area contributed by atoms with E-state index in [1.165, 1.54) is 31.4 Å². The van der Waals surface area contributed by atoms with E-state index in [4.69, 9.17) is 0 Å². The fourth-order valence-electron chi connectivity index (χ4n) is 5.32. The summed E-state index contributed by atoms with van der Waals surface area (Å²) in [5.74, 6) is 0.233. The summed E-state index contributed by atoms with van der Waals surface area (Å²) < 4.78 is 13.1. The Hall–Kier alpha value is -2.15. The number of halogens is 1. The molecule has 6 nitrogen and oxygen atoms in total. The molecule has 1 N–H and O–H groups in total. The predicted molar refractivity (Wildman–Crippen MR) is 124 cm³/mol. The van der Waals surface area contributed by atoms with E-state index in [-0.39, 0.29) is 23.5 Å². The molecule has 32 heavy (non-hydrogen) atoms. The molecule has 1 saturated carbocycles. The average molecular weight is 445 g/mol. The molecular weight excluding hydrogens is 407 g/mol. The number of piperazine rings is 1. The zero-order chi connectivity index (χ0) is 22.3. The second kappa shape index (κ2) is 11.1. The van der Waals surface area contributed by atoms with Crippen LogP contribution in [-0.2, 0) is 9.59 Å². The van der Waals surface area contributed by atoms with Crippen molar-refractivity contribution in [2.45, 2.75) is 57.4 Å². The molecule has 0 bridgehead atoms. The van der Waals surface area contributed by atoms with Gasteiger partial charge in [-0.25, -0.2) is 4.39 Å². The van der Waals surface area contributed by atoms with Gasteiger partial charge in [0.05, 0.1) is 5.92 Å². The molecule has 4 rings (SSSR count). The highest BCUT2D eigenvalue weighted by molar-refractivity contribution is 5.79. The number of nitrogens with zero attached hydrogens (tertiary/aromatic N) is 3. The molecule has 2 heterocycles. The molecule has 1 atom stereocenters. The van der Waals surface area contributed by atoms with Crippen molar-refractivity contribution in [3.63, 3.8) is 0 Å². The highest BCUT2D eigenvalue weighted by Crippen LogP contribution is 2.21. The minimum atomic E-state index is -0.228. The zero-order valence-corrected chi connectivity index (χ0v) is 19.1. The summed E-state index contributed by atoms with van der Waals surface area (Å²) >= 11 is 0. The maximum absolute atomic E-state index is 13.1. The van der Waals surface area contributed by atoms with Crippen LogP contribution >= 0.6 is 0 Å². The Bertz CT molecular complexity index is 758. The number of hydrogen-bond acceptors (Lipinski definition) is 4. The lowest BCUT2D eigenvalue weighted by Gasteiger charge is -2.37. The summed E-state index contributed by atoms with van der Waals surface area (Å²) in [6.45, 7) is 5.40. The quantitative estimate of drug-likeness (QED) is 0.733. The number of piperidine rings is 1. The lowest BCUT2D eigenvalue weighted by atomic mass is 9.93. The molecule has 2 aliphatic heterocycles. The van der Waals surface area contributed by atoms with Crippen molar-refractivity contribution < 1.29 is 14.0 Å². The van der Waals surface area contributed by atoms with Crippen molar-refractivity contribution in [1.29, 1.82) is 0 Å². The van der Waals surface area contributed by atoms with Crippen molar-refractivity contribution in [2.75, 3.05) is 50.7 Å². The summed E-state index contributed by atoms with van der Waals surface area (Å²) in [6, 6.07) is 6.91. The van der Waals surface area contributed by atoms with Crippen molar-refractivity contribution in [2.24, 2.45) is 5.92 Å². The van der Waals surface area contributed by atoms with Crippen LogP contribution in [0, 0.1) is 11.7 Å². The third-order valence-corrected chi connectivity index (χ3v) is 7.29. The Balaban J connectivity index is 1.17. The fourth-order valence-corrected chi connectivity index (χ4v) is 5.32. The number of rotatable bonds is 6. The Kier molecular flexibility index (Phi) is 8.00. The van der Waals surface area contributed by atoms with E-state index in [0.717, 1.165) is 64.1 Å². The highest BCUT2D eigenvalue weighted by Gasteiger charge is 2.28. The van der Waals surface area contributed by atoms with Crippen LogP contribution in [0.4, 0.5) is 10.1 Å². The second-order valence-electron chi connectivity index (χ2n) is 9.58. The molecule has 1 aliphatic carbocycles. The molecule has 7 heteroatoms. The van der Waals surface area contributed by atoms with E-state index in [0.29, 0.717) is 25.6 Å². The van der Waals surface area contributed by atoms with Crippen molar-refractivity contribution in [3.05, 3.63) is 30.1 Å². The number of carbonyl (C=O) groups is 2. The first-order valence-corrected chi connectivity index (χ1v) is 12.4. The summed E-state index contributed by atoms with van der Waals surface area (Å²) in [4.78, 5) is 31.9. The number of nitrogens with one attached hydrogen (secondary N) is 1. The Labute approximate surface area is 191 Å². The van der Waals surface area contributed by atoms with Gasteiger partial charge in [-0.1, -0.05) is 19.3 Å². The van der Waals surface area contributed by atoms with Gasteiger partial charge in [-0.05, 0) is 56.5 Å². The molecule has 1 aromatic carbocycles. The van der Waals surface area contributed by atoms with Gasteiger partial charge in [-0.15, -0.1) is 0 Å². The van der Waals surface area contributed by atoms with Gasteiger partial charge in [0.2, 0.25) is 11.8 Å². The number of benzene rings is 1. The van der Waals surface area contributed by atoms with Gasteiger partial charge in [0.15, 0.2) is 0 Å². The smallest absolute Gasteiger partial charge is 0.224 e. The number of anilines is 1. The first kappa shape index (κ1) is 23.0. The largest absolute Gasteiger partial charge is 0.368 e. The standard InChI is InChI=1S/C25H37FN4O2/c26-21-8-10-23(11-9-21)29-15-17-30(18-16-29)24(31)12-14-28-13-4-5-20(19-28)25(32)27-22-6-2-1-3-7-22/h8-11,20,22H,1-7,12-19H2,(H,27,32). The Morgan fingerprint density at radius 3 is 2.34 bits per heavy atom. The molecule has 3 aliphatic rings. The fraction of sp³-hybridized carbons (Fsp3) is 0.680. The number of likely N-dealkylation sites (tertiary alicyclic amines) is 1. The summed E-state index contributed by atoms with van der Waals surface area (Å²) in [5, 5.41) is 3.28. The normalized spacial score (nSPS) is 23.2. The van der Waals surface area contributed by atoms with Crippen LogP contribution in [0.2, 0.25) is 0 Å². The minimum Gasteiger partial charge on any atom is -0.368 e. The monoisotopic (exact) mass is 444 g/mol. The van der Waals surface area contributed by atoms with Crippen LogP contribution in [0.3, 0.4) is 0 Å². The first-order valence-electron chi connectivity index (χ1n) is 12.4. The Morgan fingerprint density at radius 1 is 0.906 bits per heavy atom. The summed E-state index contributed by atoms with van der Waals surface area (Å²) in [6.07, 6.45) is 8.45. The molecule has 176 valence electrons. The van der Waals surface area contributed by atoms with Gasteiger partial charge in [-0.2, -0.15) is 0 Å². The molecule has 3 fully saturated rings. The predicted octanol–water partition coefficient (Wildman–Crippen LogP) is 3.03. The van der Waals surface area contributed by atoms with Gasteiger partial charge in [0, 0.05) is 57.4 Å². The topological polar surface area (TPSA) is 55.9 Å². The van der Waals surface area contributed by atoms with Gasteiger partial charge < -0.3 is 20.0 Å². The SMILES string of the molecule is O=C(NC1CCCCC1)C1CCCN(CCC(=O)N2CCN(c3ccc(F)cc3)CC2)C1. The lowest BCUT2D eigenvalue weighted by Crippen LogP contribution is -2.50. The van der Waals surface area contributed by atoms with Gasteiger partial charge >= 0.3 is 0 Å². The highest BCUT2D eigenvalue weighted by atomic mass is 19.1. The van der Waals surface area contributed by atoms with Crippen molar-refractivity contribution in [1.82, 2.24) is 15.1 Å². The van der Waals surface area contributed by atoms with Gasteiger partial charge in [0.1, 0.15) is 5.82 Å². The van der Waals surface area contributed by atoms with Gasteiger partial charge in [-0.3, -0.25) is 9.59 Å². The third kappa shape index (κ3) is 6.21. The molecule has 2 amide bonds. The molecule has 0 spiro atoms. The number of hydrogen-bond donors (Lipinski definition) is 1. The second-order valence-corrected chi connectivity index (χ2v) is 9.58. The van der Waals surface area contributed by atoms with E-state index < -0.39 is 0 Å². The van der Waals surface area contributed by atoms with Crippen LogP contribution < -0.4 is 10.2 Å². The van der Waals surface area contributed by atoms with Crippen LogP contribution in [-0.4, -0.2) is 73.5 Å². The van der Waals surface area contributed by atoms with Crippen LogP contribution in [0.5, 0.6) is 0 Å². The van der Waals surface area contributed by atoms with Crippen molar-refractivity contribution >= 4 is 17.5 Å². The molecule has 2 saturated heterocycles. The molecule has 1 unspecified atom stereocenters. The van der Waals surface area contributed by atoms with Crippen molar-refractivity contribution in [3.8, 4) is 0 Å². The van der Waals surface area contributed by atoms with E-state index in [2.05, 4.69) is 15.1 Å². The Morgan fingerprint density at radius 2 is 1.62 bits per heavy atom. The molecular formula is C25H37FN4O2. The number of carbonyl (C=O) groups excluding carboxylic acids is 2. The van der Waals surface area contributed by atoms with E-state index >= 15 is 0 Å². The van der Waals surface area contributed by atoms with Crippen LogP contribution in [0.15, 0.2) is 24.3 Å². The third-order valence-electron chi connectivity index (χ3n) is 7.29. The lowest BCUT2D eigenvalue weighted by molar-refractivity contribution is -0.132. The molecule has 1 aromatic rings. The van der Waals surface area contributed by atoms with Crippen LogP contribution in [0.25, 0.3) is 0 Å². The summed E-state index contributed by atoms with van der Waals surface area (Å²) in [7, 11) is 0. The zero-order valence-electron chi connectivity index (χ0n) is 19.1. The summed E-state index contributed by atoms with van der Waals surface area (Å²) in [5.41, 5.74) is 1.00. The van der Waals surface area contributed by atoms with E-state index in [9.17, 15) is 14.0 Å². The first-order chi connectivity index (χ1) is 15.6. The van der Waals surface area contributed by atoms with E-state index in [1.54, 1.807) is 12.1 Å². The van der Waals surface area contributed by atoms with Gasteiger partial charge in [0.25, 0.3) is 0 Å². The maximum atomic E-state index is 13.1.